The van der Waals surface area contributed by atoms with Crippen LogP contribution in [0.2, 0.25) is 0 Å². The number of hydrogen-bond donors (Lipinski definition) is 0. The molecule has 3 aromatic rings. The van der Waals surface area contributed by atoms with E-state index in [4.69, 9.17) is 9.72 Å². The first-order valence-electron chi connectivity index (χ1n) is 9.93. The molecule has 1 aromatic carbocycles. The van der Waals surface area contributed by atoms with Gasteiger partial charge in [-0.15, -0.1) is 13.2 Å². The van der Waals surface area contributed by atoms with Crippen LogP contribution in [0.1, 0.15) is 30.5 Å². The highest BCUT2D eigenvalue weighted by molar-refractivity contribution is 7.90. The highest BCUT2D eigenvalue weighted by atomic mass is 32.2. The molecule has 3 rings (SSSR count). The molecular weight excluding hydrogens is 445 g/mol. The maximum absolute atomic E-state index is 12.6. The lowest BCUT2D eigenvalue weighted by atomic mass is 10.0. The Morgan fingerprint density at radius 3 is 2.41 bits per heavy atom. The van der Waals surface area contributed by atoms with Crippen LogP contribution >= 0.6 is 0 Å². The first kappa shape index (κ1) is 23.9. The second kappa shape index (κ2) is 8.65. The Morgan fingerprint density at radius 1 is 1.16 bits per heavy atom. The zero-order valence-electron chi connectivity index (χ0n) is 18.4. The van der Waals surface area contributed by atoms with Crippen molar-refractivity contribution in [3.05, 3.63) is 41.6 Å². The van der Waals surface area contributed by atoms with Crippen LogP contribution in [0, 0.1) is 13.8 Å². The van der Waals surface area contributed by atoms with E-state index in [2.05, 4.69) is 4.74 Å². The number of methoxy groups -OCH3 is 1. The van der Waals surface area contributed by atoms with Crippen LogP contribution in [0.3, 0.4) is 0 Å². The van der Waals surface area contributed by atoms with Gasteiger partial charge in [0.25, 0.3) is 0 Å². The van der Waals surface area contributed by atoms with Crippen molar-refractivity contribution in [3.8, 4) is 22.8 Å². The van der Waals surface area contributed by atoms with E-state index in [0.717, 1.165) is 16.6 Å². The van der Waals surface area contributed by atoms with Crippen LogP contribution in [0.15, 0.2) is 30.5 Å². The van der Waals surface area contributed by atoms with Gasteiger partial charge in [0.1, 0.15) is 21.3 Å². The predicted octanol–water partition coefficient (Wildman–Crippen LogP) is 5.22. The lowest BCUT2D eigenvalue weighted by molar-refractivity contribution is -0.274. The third kappa shape index (κ3) is 5.17. The molecule has 0 aliphatic rings. The molecule has 0 bridgehead atoms. The minimum atomic E-state index is -4.80. The van der Waals surface area contributed by atoms with Gasteiger partial charge in [-0.25, -0.2) is 13.4 Å². The van der Waals surface area contributed by atoms with Gasteiger partial charge in [0.15, 0.2) is 0 Å². The fourth-order valence-corrected chi connectivity index (χ4v) is 4.90. The molecule has 0 saturated carbocycles. The number of rotatable bonds is 7. The molecule has 10 heteroatoms. The van der Waals surface area contributed by atoms with Crippen LogP contribution < -0.4 is 9.47 Å². The molecule has 0 amide bonds. The number of aromatic nitrogens is 2. The fraction of sp³-hybridized carbons (Fsp3) is 0.409. The van der Waals surface area contributed by atoms with Crippen molar-refractivity contribution < 1.29 is 31.1 Å². The minimum absolute atomic E-state index is 0.0159. The number of alkyl halides is 3. The van der Waals surface area contributed by atoms with Gasteiger partial charge in [0, 0.05) is 30.1 Å². The molecule has 0 radical (unpaired) electrons. The van der Waals surface area contributed by atoms with Gasteiger partial charge >= 0.3 is 6.36 Å². The molecule has 1 atom stereocenters. The molecule has 0 unspecified atom stereocenters. The Morgan fingerprint density at radius 2 is 1.84 bits per heavy atom. The molecule has 0 N–H and O–H groups in total. The quantitative estimate of drug-likeness (QED) is 0.473. The summed E-state index contributed by atoms with van der Waals surface area (Å²) in [5.41, 5.74) is 4.21. The van der Waals surface area contributed by atoms with Crippen LogP contribution in [0.25, 0.3) is 22.3 Å². The zero-order valence-corrected chi connectivity index (χ0v) is 19.3. The van der Waals surface area contributed by atoms with E-state index in [1.54, 1.807) is 0 Å². The van der Waals surface area contributed by atoms with E-state index < -0.39 is 16.2 Å². The molecule has 0 aliphatic heterocycles. The lowest BCUT2D eigenvalue weighted by Crippen LogP contribution is -2.18. The van der Waals surface area contributed by atoms with Crippen molar-refractivity contribution in [2.75, 3.05) is 19.1 Å². The number of pyridine rings is 1. The van der Waals surface area contributed by atoms with Gasteiger partial charge in [-0.05, 0) is 49.6 Å². The van der Waals surface area contributed by atoms with E-state index in [-0.39, 0.29) is 23.3 Å². The summed E-state index contributed by atoms with van der Waals surface area (Å²) in [5, 5.41) is 0. The third-order valence-electron chi connectivity index (χ3n) is 5.20. The first-order valence-corrected chi connectivity index (χ1v) is 12.0. The topological polar surface area (TPSA) is 70.4 Å². The van der Waals surface area contributed by atoms with Gasteiger partial charge in [-0.2, -0.15) is 0 Å². The average molecular weight is 471 g/mol. The van der Waals surface area contributed by atoms with Gasteiger partial charge in [0.2, 0.25) is 0 Å². The van der Waals surface area contributed by atoms with E-state index in [1.165, 1.54) is 31.6 Å². The third-order valence-corrected chi connectivity index (χ3v) is 6.19. The van der Waals surface area contributed by atoms with Crippen molar-refractivity contribution in [1.82, 2.24) is 9.55 Å². The van der Waals surface area contributed by atoms with Crippen LogP contribution in [-0.2, 0) is 9.84 Å². The second-order valence-corrected chi connectivity index (χ2v) is 9.99. The number of sulfone groups is 1. The molecule has 0 saturated heterocycles. The van der Waals surface area contributed by atoms with E-state index >= 15 is 0 Å². The highest BCUT2D eigenvalue weighted by Gasteiger charge is 2.31. The first-order chi connectivity index (χ1) is 14.8. The van der Waals surface area contributed by atoms with Gasteiger partial charge in [0.05, 0.1) is 29.6 Å². The normalized spacial score (nSPS) is 13.4. The van der Waals surface area contributed by atoms with Crippen molar-refractivity contribution in [2.24, 2.45) is 0 Å². The van der Waals surface area contributed by atoms with Gasteiger partial charge < -0.3 is 14.0 Å². The largest absolute Gasteiger partial charge is 0.573 e. The molecule has 0 fully saturated rings. The zero-order chi connectivity index (χ0) is 23.8. The van der Waals surface area contributed by atoms with Crippen LogP contribution in [-0.4, -0.2) is 43.4 Å². The van der Waals surface area contributed by atoms with E-state index in [0.29, 0.717) is 23.2 Å². The number of benzene rings is 1. The monoisotopic (exact) mass is 470 g/mol. The standard InChI is InChI=1S/C22H25F3N2O4S/c1-6-15(12-32(5,28)29)27-11-14(3)21-18(27)9-13(2)20(26-21)17-8-7-16(10-19(17)30-4)31-22(23,24)25/h7-11,15H,6,12H2,1-5H3/t15-/m0/s1. The number of ether oxygens (including phenoxy) is 2. The van der Waals surface area contributed by atoms with Crippen molar-refractivity contribution in [3.63, 3.8) is 0 Å². The molecular formula is C22H25F3N2O4S. The molecule has 0 spiro atoms. The van der Waals surface area contributed by atoms with Crippen molar-refractivity contribution >= 4 is 20.9 Å². The molecule has 2 aromatic heterocycles. The summed E-state index contributed by atoms with van der Waals surface area (Å²) in [6.07, 6.45) is -1.07. The van der Waals surface area contributed by atoms with Crippen LogP contribution in [0.4, 0.5) is 13.2 Å². The maximum Gasteiger partial charge on any atom is 0.573 e. The minimum Gasteiger partial charge on any atom is -0.496 e. The van der Waals surface area contributed by atoms with Gasteiger partial charge in [-0.3, -0.25) is 0 Å². The Bertz CT molecular complexity index is 1250. The van der Waals surface area contributed by atoms with Crippen molar-refractivity contribution in [2.45, 2.75) is 39.6 Å². The summed E-state index contributed by atoms with van der Waals surface area (Å²) in [6, 6.07) is 5.54. The van der Waals surface area contributed by atoms with E-state index in [9.17, 15) is 21.6 Å². The molecule has 2 heterocycles. The number of halogens is 3. The SMILES string of the molecule is CC[C@@H](CS(C)(=O)=O)n1cc(C)c2nc(-c3ccc(OC(F)(F)F)cc3OC)c(C)cc21. The summed E-state index contributed by atoms with van der Waals surface area (Å²) in [5.74, 6) is -0.171. The maximum atomic E-state index is 12.6. The molecule has 174 valence electrons. The van der Waals surface area contributed by atoms with Gasteiger partial charge in [-0.1, -0.05) is 6.92 Å². The Labute approximate surface area is 184 Å². The summed E-state index contributed by atoms with van der Waals surface area (Å²) >= 11 is 0. The fourth-order valence-electron chi connectivity index (χ4n) is 3.81. The summed E-state index contributed by atoms with van der Waals surface area (Å²) < 4.78 is 72.7. The molecule has 6 nitrogen and oxygen atoms in total. The average Bonchev–Trinajstić information content (AvgIpc) is 2.99. The molecule has 0 aliphatic carbocycles. The number of fused-ring (bicyclic) bond motifs is 1. The van der Waals surface area contributed by atoms with Crippen LogP contribution in [0.5, 0.6) is 11.5 Å². The smallest absolute Gasteiger partial charge is 0.496 e. The highest BCUT2D eigenvalue weighted by Crippen LogP contribution is 2.37. The predicted molar refractivity (Wildman–Crippen MR) is 117 cm³/mol. The summed E-state index contributed by atoms with van der Waals surface area (Å²) in [4.78, 5) is 4.78. The number of nitrogens with zero attached hydrogens (tertiary/aromatic N) is 2. The van der Waals surface area contributed by atoms with E-state index in [1.807, 2.05) is 37.6 Å². The number of aryl methyl sites for hydroxylation is 2. The summed E-state index contributed by atoms with van der Waals surface area (Å²) in [7, 11) is -1.82. The second-order valence-electron chi connectivity index (χ2n) is 7.81. The lowest BCUT2D eigenvalue weighted by Gasteiger charge is -2.18. The summed E-state index contributed by atoms with van der Waals surface area (Å²) in [6.45, 7) is 5.66. The Kier molecular flexibility index (Phi) is 6.46. The Balaban J connectivity index is 2.12. The molecule has 32 heavy (non-hydrogen) atoms. The Hall–Kier alpha value is -2.75. The van der Waals surface area contributed by atoms with Crippen molar-refractivity contribution in [1.29, 1.82) is 0 Å². The number of hydrogen-bond acceptors (Lipinski definition) is 5.